The molecule has 3 nitrogen and oxygen atoms in total. The molecule has 82 valence electrons. The second kappa shape index (κ2) is 4.18. The van der Waals surface area contributed by atoms with Gasteiger partial charge in [0.15, 0.2) is 0 Å². The van der Waals surface area contributed by atoms with Gasteiger partial charge >= 0.3 is 0 Å². The van der Waals surface area contributed by atoms with Crippen molar-refractivity contribution < 1.29 is 0 Å². The van der Waals surface area contributed by atoms with Crippen molar-refractivity contribution in [1.29, 1.82) is 0 Å². The minimum atomic E-state index is 0.765. The van der Waals surface area contributed by atoms with Crippen molar-refractivity contribution in [3.8, 4) is 0 Å². The number of hydrogen-bond acceptors (Lipinski definition) is 4. The van der Waals surface area contributed by atoms with E-state index in [1.807, 2.05) is 11.3 Å². The Kier molecular flexibility index (Phi) is 2.71. The molecule has 3 rings (SSSR count). The van der Waals surface area contributed by atoms with Gasteiger partial charge in [-0.1, -0.05) is 0 Å². The summed E-state index contributed by atoms with van der Waals surface area (Å²) < 4.78 is 0. The number of aryl methyl sites for hydroxylation is 1. The Hall–Kier alpha value is -0.480. The monoisotopic (exact) mass is 223 g/mol. The topological polar surface area (TPSA) is 37.8 Å². The predicted molar refractivity (Wildman–Crippen MR) is 61.2 cm³/mol. The Labute approximate surface area is 94.3 Å². The summed E-state index contributed by atoms with van der Waals surface area (Å²) in [6.45, 7) is 1.14. The summed E-state index contributed by atoms with van der Waals surface area (Å²) in [6, 6.07) is 0.835. The van der Waals surface area contributed by atoms with E-state index in [-0.39, 0.29) is 0 Å². The Morgan fingerprint density at radius 2 is 2.07 bits per heavy atom. The first-order valence-electron chi connectivity index (χ1n) is 5.97. The fraction of sp³-hybridized carbons (Fsp3) is 0.818. The first-order valence-corrected chi connectivity index (χ1v) is 6.79. The molecule has 4 heteroatoms. The van der Waals surface area contributed by atoms with Gasteiger partial charge in [-0.15, -0.1) is 21.5 Å². The van der Waals surface area contributed by atoms with Crippen molar-refractivity contribution in [2.75, 3.05) is 6.54 Å². The van der Waals surface area contributed by atoms with E-state index in [9.17, 15) is 0 Å². The molecule has 0 aliphatic heterocycles. The molecule has 0 spiro atoms. The summed E-state index contributed by atoms with van der Waals surface area (Å²) >= 11 is 1.83. The molecule has 0 radical (unpaired) electrons. The number of nitrogens with zero attached hydrogens (tertiary/aromatic N) is 2. The largest absolute Gasteiger partial charge is 0.314 e. The minimum absolute atomic E-state index is 0.765. The Balaban J connectivity index is 1.40. The molecule has 0 aromatic carbocycles. The molecule has 0 unspecified atom stereocenters. The molecule has 1 aromatic rings. The van der Waals surface area contributed by atoms with Gasteiger partial charge in [-0.3, -0.25) is 0 Å². The molecule has 2 aliphatic rings. The molecular weight excluding hydrogens is 206 g/mol. The van der Waals surface area contributed by atoms with Gasteiger partial charge in [0.25, 0.3) is 0 Å². The van der Waals surface area contributed by atoms with Gasteiger partial charge in [0.1, 0.15) is 10.0 Å². The maximum Gasteiger partial charge on any atom is 0.120 e. The highest BCUT2D eigenvalue weighted by atomic mass is 32.1. The summed E-state index contributed by atoms with van der Waals surface area (Å²) in [5.74, 6) is 0.765. The van der Waals surface area contributed by atoms with Gasteiger partial charge in [-0.05, 0) is 38.6 Å². The van der Waals surface area contributed by atoms with Crippen LogP contribution in [0.1, 0.15) is 48.0 Å². The molecule has 0 amide bonds. The smallest absolute Gasteiger partial charge is 0.120 e. The molecule has 0 bridgehead atoms. The van der Waals surface area contributed by atoms with E-state index >= 15 is 0 Å². The lowest BCUT2D eigenvalue weighted by Crippen LogP contribution is -2.17. The van der Waals surface area contributed by atoms with E-state index in [4.69, 9.17) is 0 Å². The van der Waals surface area contributed by atoms with Crippen LogP contribution >= 0.6 is 11.3 Å². The van der Waals surface area contributed by atoms with Crippen molar-refractivity contribution in [3.63, 3.8) is 0 Å². The van der Waals surface area contributed by atoms with Crippen LogP contribution in [-0.4, -0.2) is 22.8 Å². The van der Waals surface area contributed by atoms with Crippen LogP contribution in [0.25, 0.3) is 0 Å². The van der Waals surface area contributed by atoms with Crippen LogP contribution in [0.15, 0.2) is 0 Å². The molecule has 2 fully saturated rings. The van der Waals surface area contributed by atoms with Crippen molar-refractivity contribution in [3.05, 3.63) is 10.0 Å². The van der Waals surface area contributed by atoms with Gasteiger partial charge in [-0.2, -0.15) is 0 Å². The van der Waals surface area contributed by atoms with Crippen LogP contribution < -0.4 is 5.32 Å². The summed E-state index contributed by atoms with van der Waals surface area (Å²) in [5.41, 5.74) is 0. The molecule has 1 aromatic heterocycles. The lowest BCUT2D eigenvalue weighted by atomic mass is 10.3. The molecule has 1 heterocycles. The fourth-order valence-electron chi connectivity index (χ4n) is 1.70. The van der Waals surface area contributed by atoms with E-state index in [0.29, 0.717) is 0 Å². The van der Waals surface area contributed by atoms with Gasteiger partial charge in [0.05, 0.1) is 0 Å². The molecule has 0 saturated heterocycles. The lowest BCUT2D eigenvalue weighted by Gasteiger charge is -1.99. The maximum atomic E-state index is 4.25. The first-order chi connectivity index (χ1) is 7.42. The standard InChI is InChI=1S/C11H17N3S/c1(7-12-9-5-6-9)2-10-13-14-11(15-10)8-3-4-8/h8-9,12H,1-7H2. The van der Waals surface area contributed by atoms with Crippen molar-refractivity contribution in [2.24, 2.45) is 0 Å². The van der Waals surface area contributed by atoms with E-state index < -0.39 is 0 Å². The third-order valence-corrected chi connectivity index (χ3v) is 4.13. The second-order valence-electron chi connectivity index (χ2n) is 4.64. The quantitative estimate of drug-likeness (QED) is 0.751. The summed E-state index contributed by atoms with van der Waals surface area (Å²) in [4.78, 5) is 0. The zero-order valence-electron chi connectivity index (χ0n) is 8.91. The summed E-state index contributed by atoms with van der Waals surface area (Å²) in [7, 11) is 0. The van der Waals surface area contributed by atoms with Crippen LogP contribution in [0, 0.1) is 0 Å². The van der Waals surface area contributed by atoms with Gasteiger partial charge < -0.3 is 5.32 Å². The van der Waals surface area contributed by atoms with E-state index in [1.165, 1.54) is 42.1 Å². The fourth-order valence-corrected chi connectivity index (χ4v) is 2.75. The number of nitrogens with one attached hydrogen (secondary N) is 1. The third-order valence-electron chi connectivity index (χ3n) is 2.99. The van der Waals surface area contributed by atoms with E-state index in [1.54, 1.807) is 0 Å². The number of aromatic nitrogens is 2. The molecule has 15 heavy (non-hydrogen) atoms. The second-order valence-corrected chi connectivity index (χ2v) is 5.73. The van der Waals surface area contributed by atoms with E-state index in [0.717, 1.165) is 24.9 Å². The van der Waals surface area contributed by atoms with Crippen LogP contribution in [0.3, 0.4) is 0 Å². The normalized spacial score (nSPS) is 20.8. The van der Waals surface area contributed by atoms with Gasteiger partial charge in [-0.25, -0.2) is 0 Å². The first kappa shape index (κ1) is 9.73. The maximum absolute atomic E-state index is 4.25. The summed E-state index contributed by atoms with van der Waals surface area (Å²) in [5, 5.41) is 14.5. The average Bonchev–Trinajstić information content (AvgIpc) is 3.14. The Morgan fingerprint density at radius 3 is 2.80 bits per heavy atom. The number of rotatable bonds is 6. The zero-order valence-corrected chi connectivity index (χ0v) is 9.72. The van der Waals surface area contributed by atoms with Crippen LogP contribution in [-0.2, 0) is 6.42 Å². The molecule has 0 atom stereocenters. The third kappa shape index (κ3) is 2.75. The van der Waals surface area contributed by atoms with Crippen molar-refractivity contribution in [2.45, 2.75) is 50.5 Å². The predicted octanol–water partition coefficient (Wildman–Crippen LogP) is 2.10. The molecule has 1 N–H and O–H groups in total. The highest BCUT2D eigenvalue weighted by Gasteiger charge is 2.27. The average molecular weight is 223 g/mol. The summed E-state index contributed by atoms with van der Waals surface area (Å²) in [6.07, 6.45) is 7.73. The van der Waals surface area contributed by atoms with Gasteiger partial charge in [0.2, 0.25) is 0 Å². The van der Waals surface area contributed by atoms with Crippen LogP contribution in [0.5, 0.6) is 0 Å². The minimum Gasteiger partial charge on any atom is -0.314 e. The highest BCUT2D eigenvalue weighted by Crippen LogP contribution is 2.41. The van der Waals surface area contributed by atoms with Crippen LogP contribution in [0.4, 0.5) is 0 Å². The molecular formula is C11H17N3S. The Morgan fingerprint density at radius 1 is 1.20 bits per heavy atom. The van der Waals surface area contributed by atoms with Crippen LogP contribution in [0.2, 0.25) is 0 Å². The van der Waals surface area contributed by atoms with E-state index in [2.05, 4.69) is 15.5 Å². The lowest BCUT2D eigenvalue weighted by molar-refractivity contribution is 0.643. The van der Waals surface area contributed by atoms with Crippen molar-refractivity contribution in [1.82, 2.24) is 15.5 Å². The number of hydrogen-bond donors (Lipinski definition) is 1. The zero-order chi connectivity index (χ0) is 10.1. The molecule has 2 aliphatic carbocycles. The molecule has 2 saturated carbocycles. The van der Waals surface area contributed by atoms with Crippen molar-refractivity contribution >= 4 is 11.3 Å². The SMILES string of the molecule is C(CNC1CC1)Cc1nnc(C2CC2)s1. The Bertz CT molecular complexity index is 328. The van der Waals surface area contributed by atoms with Gasteiger partial charge in [0, 0.05) is 18.4 Å². The highest BCUT2D eigenvalue weighted by molar-refractivity contribution is 7.11.